The van der Waals surface area contributed by atoms with E-state index in [4.69, 9.17) is 21.3 Å². The summed E-state index contributed by atoms with van der Waals surface area (Å²) in [5.74, 6) is 0.594. The first kappa shape index (κ1) is 50.0. The zero-order valence-corrected chi connectivity index (χ0v) is 44.4. The molecule has 73 heavy (non-hydrogen) atoms. The highest BCUT2D eigenvalue weighted by Gasteiger charge is 2.42. The Hall–Kier alpha value is -6.56. The third-order valence-corrected chi connectivity index (χ3v) is 16.8. The summed E-state index contributed by atoms with van der Waals surface area (Å²) in [6, 6.07) is 17.9. The molecule has 1 saturated heterocycles. The van der Waals surface area contributed by atoms with E-state index in [0.717, 1.165) is 54.0 Å². The van der Waals surface area contributed by atoms with E-state index in [-0.39, 0.29) is 54.2 Å². The second-order valence-corrected chi connectivity index (χ2v) is 22.6. The molecule has 5 atom stereocenters. The fourth-order valence-electron chi connectivity index (χ4n) is 10.3. The number of ether oxygens (including phenoxy) is 1. The van der Waals surface area contributed by atoms with Crippen molar-refractivity contribution in [2.45, 2.75) is 117 Å². The molecule has 0 spiro atoms. The van der Waals surface area contributed by atoms with Gasteiger partial charge in [-0.25, -0.2) is 9.37 Å². The molecule has 2 aliphatic heterocycles. The molecule has 7 aromatic rings. The number of aromatic nitrogens is 6. The Kier molecular flexibility index (Phi) is 14.0. The van der Waals surface area contributed by atoms with Gasteiger partial charge in [-0.1, -0.05) is 68.8 Å². The van der Waals surface area contributed by atoms with Gasteiger partial charge < -0.3 is 20.3 Å². The number of carbonyl (C=O) groups excluding carboxylic acids is 3. The number of rotatable bonds is 14. The smallest absolute Gasteiger partial charge is 0.248 e. The van der Waals surface area contributed by atoms with Gasteiger partial charge in [-0.05, 0) is 99.4 Å². The second kappa shape index (κ2) is 20.4. The molecule has 1 saturated carbocycles. The number of aliphatic imine (C=N–C) groups is 1. The van der Waals surface area contributed by atoms with Crippen LogP contribution in [0.1, 0.15) is 116 Å². The summed E-state index contributed by atoms with van der Waals surface area (Å²) in [7, 11) is 0. The number of halogens is 2. The van der Waals surface area contributed by atoms with Crippen LogP contribution in [0.25, 0.3) is 26.6 Å². The van der Waals surface area contributed by atoms with Crippen molar-refractivity contribution >= 4 is 57.7 Å². The quantitative estimate of drug-likeness (QED) is 0.109. The van der Waals surface area contributed by atoms with Gasteiger partial charge in [-0.3, -0.25) is 28.6 Å². The lowest BCUT2D eigenvalue weighted by atomic mass is 9.89. The van der Waals surface area contributed by atoms with Gasteiger partial charge in [0.15, 0.2) is 5.82 Å². The molecule has 18 heteroatoms. The van der Waals surface area contributed by atoms with Crippen molar-refractivity contribution in [1.82, 2.24) is 45.1 Å². The molecule has 3 aliphatic rings. The normalized spacial score (nSPS) is 20.1. The molecular weight excluding hydrogens is 983 g/mol. The fraction of sp³-hybridized carbons (Fsp3) is 0.382. The Morgan fingerprint density at radius 3 is 2.37 bits per heavy atom. The van der Waals surface area contributed by atoms with E-state index in [1.807, 2.05) is 93.2 Å². The zero-order chi connectivity index (χ0) is 51.4. The molecule has 2 fully saturated rings. The van der Waals surface area contributed by atoms with Crippen molar-refractivity contribution in [2.75, 3.05) is 6.54 Å². The van der Waals surface area contributed by atoms with Crippen molar-refractivity contribution in [3.8, 4) is 32.3 Å². The number of amides is 3. The number of nitrogens with zero attached hydrogens (tertiary/aromatic N) is 8. The van der Waals surface area contributed by atoms with Crippen LogP contribution in [0.3, 0.4) is 0 Å². The van der Waals surface area contributed by atoms with E-state index in [1.165, 1.54) is 12.1 Å². The Labute approximate surface area is 437 Å². The van der Waals surface area contributed by atoms with E-state index in [2.05, 4.69) is 51.7 Å². The molecule has 0 bridgehead atoms. The summed E-state index contributed by atoms with van der Waals surface area (Å²) < 4.78 is 25.3. The van der Waals surface area contributed by atoms with Crippen LogP contribution in [0.4, 0.5) is 4.39 Å². The SMILES string of the molecule is Cc1ncsc1-c1ccc([C@H](C)NC(=O)[C@@H]2C[C@@H](C)CN2C(=O)[C@@H](C(C)C)n2cc(-c3cc(F)cc(O[C@H]4C[C@@H](NC(=O)C[C@@H]5N=C(c6ccc(Cl)cc6)c6c(sc(C)c6C)-n6c(C)nnc65)C4)c3)cn2)cc1. The third-order valence-electron chi connectivity index (χ3n) is 14.3. The van der Waals surface area contributed by atoms with Gasteiger partial charge in [0.1, 0.15) is 46.6 Å². The highest BCUT2D eigenvalue weighted by atomic mass is 35.5. The van der Waals surface area contributed by atoms with Crippen LogP contribution in [-0.2, 0) is 14.4 Å². The van der Waals surface area contributed by atoms with E-state index < -0.39 is 23.9 Å². The number of thiazole rings is 1. The molecule has 10 rings (SSSR count). The Morgan fingerprint density at radius 2 is 1.66 bits per heavy atom. The monoisotopic (exact) mass is 1040 g/mol. The van der Waals surface area contributed by atoms with Gasteiger partial charge in [0.05, 0.1) is 40.5 Å². The van der Waals surface area contributed by atoms with Gasteiger partial charge in [0.25, 0.3) is 0 Å². The van der Waals surface area contributed by atoms with E-state index >= 15 is 4.39 Å². The number of thiophene rings is 1. The largest absolute Gasteiger partial charge is 0.490 e. The maximum absolute atomic E-state index is 15.3. The lowest BCUT2D eigenvalue weighted by Gasteiger charge is -2.36. The van der Waals surface area contributed by atoms with Crippen molar-refractivity contribution < 1.29 is 23.5 Å². The first-order chi connectivity index (χ1) is 35.0. The van der Waals surface area contributed by atoms with Crippen LogP contribution < -0.4 is 15.4 Å². The standard InChI is InChI=1S/C55H58ClFN10O4S2/c1-28(2)50(54(70)65-25-29(3)17-46(65)53(69)60-31(5)35-9-11-37(12-10-35)51-32(6)58-27-72-51)66-26-39(24-59-66)38-18-41(57)20-43(19-38)71-44-21-42(22-44)61-47(68)23-45-52-64-63-34(8)67(52)55-48(30(4)33(7)73-55)49(62-45)36-13-15-40(56)16-14-36/h9-16,18-20,24,26-29,31,42,44-46,50H,17,21-23,25H2,1-8H3,(H,60,69)(H,61,68)/t29-,31+,42-,44+,45+,46+,50-/m1/s1. The summed E-state index contributed by atoms with van der Waals surface area (Å²) in [5.41, 5.74) is 9.81. The summed E-state index contributed by atoms with van der Waals surface area (Å²) in [6.07, 6.45) is 4.82. The van der Waals surface area contributed by atoms with Crippen molar-refractivity contribution in [3.63, 3.8) is 0 Å². The third kappa shape index (κ3) is 10.1. The topological polar surface area (TPSA) is 162 Å². The summed E-state index contributed by atoms with van der Waals surface area (Å²) in [4.78, 5) is 55.9. The number of aryl methyl sites for hydroxylation is 3. The van der Waals surface area contributed by atoms with Crippen LogP contribution in [0.15, 0.2) is 89.6 Å². The van der Waals surface area contributed by atoms with Gasteiger partial charge in [-0.15, -0.1) is 32.9 Å². The van der Waals surface area contributed by atoms with Gasteiger partial charge in [0, 0.05) is 64.3 Å². The molecule has 0 unspecified atom stereocenters. The van der Waals surface area contributed by atoms with Gasteiger partial charge in [0.2, 0.25) is 17.7 Å². The molecule has 6 heterocycles. The van der Waals surface area contributed by atoms with Crippen molar-refractivity contribution in [1.29, 1.82) is 0 Å². The highest BCUT2D eigenvalue weighted by molar-refractivity contribution is 7.15. The van der Waals surface area contributed by atoms with Crippen LogP contribution >= 0.6 is 34.3 Å². The Bertz CT molecular complexity index is 3250. The molecule has 4 aromatic heterocycles. The highest BCUT2D eigenvalue weighted by Crippen LogP contribution is 2.41. The van der Waals surface area contributed by atoms with Crippen molar-refractivity contribution in [2.24, 2.45) is 16.8 Å². The maximum atomic E-state index is 15.3. The molecule has 0 radical (unpaired) electrons. The molecule has 3 aromatic carbocycles. The maximum Gasteiger partial charge on any atom is 0.248 e. The summed E-state index contributed by atoms with van der Waals surface area (Å²) >= 11 is 9.54. The summed E-state index contributed by atoms with van der Waals surface area (Å²) in [5, 5.41) is 21.5. The number of nitrogens with one attached hydrogen (secondary N) is 2. The van der Waals surface area contributed by atoms with Crippen LogP contribution in [0, 0.1) is 45.3 Å². The molecule has 2 N–H and O–H groups in total. The molecular formula is C55H58ClFN10O4S2. The minimum atomic E-state index is -0.703. The van der Waals surface area contributed by atoms with Gasteiger partial charge >= 0.3 is 0 Å². The zero-order valence-electron chi connectivity index (χ0n) is 42.0. The number of fused-ring (bicyclic) bond motifs is 3. The van der Waals surface area contributed by atoms with Crippen LogP contribution in [0.2, 0.25) is 5.02 Å². The molecule has 378 valence electrons. The first-order valence-corrected chi connectivity index (χ1v) is 26.9. The number of hydrogen-bond donors (Lipinski definition) is 2. The average molecular weight is 1040 g/mol. The Morgan fingerprint density at radius 1 is 0.918 bits per heavy atom. The van der Waals surface area contributed by atoms with E-state index in [1.54, 1.807) is 50.7 Å². The number of carbonyl (C=O) groups is 3. The lowest BCUT2D eigenvalue weighted by molar-refractivity contribution is -0.142. The molecule has 14 nitrogen and oxygen atoms in total. The number of likely N-dealkylation sites (tertiary alicyclic amines) is 1. The molecule has 3 amide bonds. The van der Waals surface area contributed by atoms with Crippen LogP contribution in [-0.4, -0.2) is 82.6 Å². The van der Waals surface area contributed by atoms with E-state index in [0.29, 0.717) is 59.4 Å². The van der Waals surface area contributed by atoms with Crippen molar-refractivity contribution in [3.05, 3.63) is 140 Å². The van der Waals surface area contributed by atoms with E-state index in [9.17, 15) is 14.4 Å². The lowest BCUT2D eigenvalue weighted by Crippen LogP contribution is -2.49. The number of hydrogen-bond acceptors (Lipinski definition) is 11. The predicted octanol–water partition coefficient (Wildman–Crippen LogP) is 10.7. The minimum absolute atomic E-state index is 0.0611. The number of benzene rings is 3. The minimum Gasteiger partial charge on any atom is -0.490 e. The predicted molar refractivity (Wildman–Crippen MR) is 283 cm³/mol. The van der Waals surface area contributed by atoms with Crippen LogP contribution in [0.5, 0.6) is 5.75 Å². The first-order valence-electron chi connectivity index (χ1n) is 24.8. The average Bonchev–Trinajstić information content (AvgIpc) is 4.19. The fourth-order valence-corrected chi connectivity index (χ4v) is 12.5. The second-order valence-electron chi connectivity index (χ2n) is 20.1. The Balaban J connectivity index is 0.774. The van der Waals surface area contributed by atoms with Gasteiger partial charge in [-0.2, -0.15) is 5.10 Å². The summed E-state index contributed by atoms with van der Waals surface area (Å²) in [6.45, 7) is 16.5. The molecule has 1 aliphatic carbocycles.